The third kappa shape index (κ3) is 4.85. The van der Waals surface area contributed by atoms with Gasteiger partial charge in [0, 0.05) is 25.0 Å². The first-order valence-electron chi connectivity index (χ1n) is 8.58. The molecule has 0 aliphatic rings. The summed E-state index contributed by atoms with van der Waals surface area (Å²) in [5.74, 6) is 1.09. The van der Waals surface area contributed by atoms with E-state index in [4.69, 9.17) is 5.73 Å². The van der Waals surface area contributed by atoms with Crippen LogP contribution < -0.4 is 16.4 Å². The van der Waals surface area contributed by atoms with Crippen molar-refractivity contribution in [2.24, 2.45) is 5.73 Å². The summed E-state index contributed by atoms with van der Waals surface area (Å²) in [7, 11) is 0. The van der Waals surface area contributed by atoms with E-state index in [-0.39, 0.29) is 0 Å². The van der Waals surface area contributed by atoms with E-state index in [1.165, 1.54) is 6.07 Å². The summed E-state index contributed by atoms with van der Waals surface area (Å²) < 4.78 is 38.4. The predicted octanol–water partition coefficient (Wildman–Crippen LogP) is 3.67. The second kappa shape index (κ2) is 8.22. The minimum atomic E-state index is -4.34. The molecule has 0 radical (unpaired) electrons. The van der Waals surface area contributed by atoms with Crippen LogP contribution in [0, 0.1) is 0 Å². The number of nitrogens with zero attached hydrogens (tertiary/aromatic N) is 2. The van der Waals surface area contributed by atoms with Crippen molar-refractivity contribution >= 4 is 22.7 Å². The van der Waals surface area contributed by atoms with Crippen LogP contribution in [-0.2, 0) is 12.6 Å². The monoisotopic (exact) mass is 375 g/mol. The van der Waals surface area contributed by atoms with Crippen molar-refractivity contribution in [2.75, 3.05) is 30.3 Å². The van der Waals surface area contributed by atoms with E-state index in [1.54, 1.807) is 6.07 Å². The van der Waals surface area contributed by atoms with Gasteiger partial charge in [-0.1, -0.05) is 30.3 Å². The average molecular weight is 375 g/mol. The van der Waals surface area contributed by atoms with Crippen LogP contribution >= 0.6 is 0 Å². The molecular weight excluding hydrogens is 355 g/mol. The summed E-state index contributed by atoms with van der Waals surface area (Å²) in [4.78, 5) is 8.92. The Bertz CT molecular complexity index is 911. The Morgan fingerprint density at radius 1 is 0.926 bits per heavy atom. The van der Waals surface area contributed by atoms with Crippen LogP contribution in [0.5, 0.6) is 0 Å². The summed E-state index contributed by atoms with van der Waals surface area (Å²) in [5, 5.41) is 7.14. The Labute approximate surface area is 154 Å². The number of nitrogens with one attached hydrogen (secondary N) is 2. The van der Waals surface area contributed by atoms with E-state index in [1.807, 2.05) is 24.3 Å². The molecule has 0 spiro atoms. The topological polar surface area (TPSA) is 75.9 Å². The van der Waals surface area contributed by atoms with E-state index in [2.05, 4.69) is 20.6 Å². The molecule has 27 heavy (non-hydrogen) atoms. The van der Waals surface area contributed by atoms with Gasteiger partial charge < -0.3 is 16.4 Å². The fraction of sp³-hybridized carbons (Fsp3) is 0.263. The first-order chi connectivity index (χ1) is 13.0. The lowest BCUT2D eigenvalue weighted by atomic mass is 10.1. The van der Waals surface area contributed by atoms with Crippen LogP contribution in [0.25, 0.3) is 10.9 Å². The first kappa shape index (κ1) is 18.9. The molecule has 142 valence electrons. The highest BCUT2D eigenvalue weighted by atomic mass is 19.4. The second-order valence-corrected chi connectivity index (χ2v) is 6.00. The Morgan fingerprint density at radius 2 is 1.74 bits per heavy atom. The van der Waals surface area contributed by atoms with Gasteiger partial charge in [0.25, 0.3) is 0 Å². The summed E-state index contributed by atoms with van der Waals surface area (Å²) >= 11 is 0. The molecule has 1 aromatic heterocycles. The summed E-state index contributed by atoms with van der Waals surface area (Å²) in [5.41, 5.74) is 6.27. The minimum Gasteiger partial charge on any atom is -0.368 e. The summed E-state index contributed by atoms with van der Waals surface area (Å²) in [6, 6.07) is 12.9. The number of aromatic nitrogens is 2. The lowest BCUT2D eigenvalue weighted by molar-refractivity contribution is -0.137. The van der Waals surface area contributed by atoms with Gasteiger partial charge in [-0.2, -0.15) is 18.2 Å². The SMILES string of the molecule is NCCNc1nc(NCCc2cccc(C(F)(F)F)c2)nc2ccccc12. The normalized spacial score (nSPS) is 11.6. The van der Waals surface area contributed by atoms with Gasteiger partial charge in [0.2, 0.25) is 5.95 Å². The molecule has 2 aromatic carbocycles. The van der Waals surface area contributed by atoms with Gasteiger partial charge in [0.1, 0.15) is 5.82 Å². The Kier molecular flexibility index (Phi) is 5.75. The maximum atomic E-state index is 12.8. The third-order valence-electron chi connectivity index (χ3n) is 3.99. The quantitative estimate of drug-likeness (QED) is 0.587. The number of nitrogens with two attached hydrogens (primary N) is 1. The molecule has 0 atom stereocenters. The van der Waals surface area contributed by atoms with Crippen LogP contribution in [0.2, 0.25) is 0 Å². The molecule has 3 rings (SSSR count). The van der Waals surface area contributed by atoms with Crippen LogP contribution in [0.3, 0.4) is 0 Å². The van der Waals surface area contributed by atoms with E-state index < -0.39 is 11.7 Å². The van der Waals surface area contributed by atoms with Crippen molar-refractivity contribution < 1.29 is 13.2 Å². The van der Waals surface area contributed by atoms with Gasteiger partial charge >= 0.3 is 6.18 Å². The van der Waals surface area contributed by atoms with Crippen molar-refractivity contribution in [2.45, 2.75) is 12.6 Å². The number of fused-ring (bicyclic) bond motifs is 1. The van der Waals surface area contributed by atoms with Crippen LogP contribution in [0.1, 0.15) is 11.1 Å². The van der Waals surface area contributed by atoms with E-state index >= 15 is 0 Å². The van der Waals surface area contributed by atoms with Crippen molar-refractivity contribution in [3.05, 3.63) is 59.7 Å². The Morgan fingerprint density at radius 3 is 2.52 bits per heavy atom. The molecule has 0 bridgehead atoms. The number of para-hydroxylation sites is 1. The molecular formula is C19H20F3N5. The molecule has 0 aliphatic heterocycles. The van der Waals surface area contributed by atoms with Gasteiger partial charge in [0.15, 0.2) is 0 Å². The smallest absolute Gasteiger partial charge is 0.368 e. The summed E-state index contributed by atoms with van der Waals surface area (Å²) in [6.45, 7) is 1.46. The zero-order valence-corrected chi connectivity index (χ0v) is 14.6. The Balaban J connectivity index is 1.72. The molecule has 0 fully saturated rings. The fourth-order valence-corrected chi connectivity index (χ4v) is 2.70. The van der Waals surface area contributed by atoms with Crippen molar-refractivity contribution in [1.29, 1.82) is 0 Å². The van der Waals surface area contributed by atoms with E-state index in [0.29, 0.717) is 43.4 Å². The molecule has 0 saturated heterocycles. The molecule has 0 saturated carbocycles. The number of benzene rings is 2. The minimum absolute atomic E-state index is 0.413. The Hall–Kier alpha value is -2.87. The standard InChI is InChI=1S/C19H20F3N5/c20-19(21,22)14-5-3-4-13(12-14)8-10-25-18-26-16-7-2-1-6-15(16)17(27-18)24-11-9-23/h1-7,12H,8-11,23H2,(H2,24,25,26,27). The number of rotatable bonds is 7. The molecule has 5 nitrogen and oxygen atoms in total. The first-order valence-corrected chi connectivity index (χ1v) is 8.58. The number of alkyl halides is 3. The number of halogens is 3. The molecule has 4 N–H and O–H groups in total. The lowest BCUT2D eigenvalue weighted by Gasteiger charge is -2.12. The van der Waals surface area contributed by atoms with Crippen molar-refractivity contribution in [3.63, 3.8) is 0 Å². The van der Waals surface area contributed by atoms with Gasteiger partial charge in [-0.3, -0.25) is 0 Å². The van der Waals surface area contributed by atoms with E-state index in [0.717, 1.165) is 23.0 Å². The molecule has 1 heterocycles. The molecule has 0 amide bonds. The predicted molar refractivity (Wildman–Crippen MR) is 101 cm³/mol. The summed E-state index contributed by atoms with van der Waals surface area (Å²) in [6.07, 6.45) is -3.92. The second-order valence-electron chi connectivity index (χ2n) is 6.00. The van der Waals surface area contributed by atoms with Crippen molar-refractivity contribution in [3.8, 4) is 0 Å². The van der Waals surface area contributed by atoms with E-state index in [9.17, 15) is 13.2 Å². The lowest BCUT2D eigenvalue weighted by Crippen LogP contribution is -2.15. The van der Waals surface area contributed by atoms with Crippen molar-refractivity contribution in [1.82, 2.24) is 9.97 Å². The molecule has 3 aromatic rings. The zero-order valence-electron chi connectivity index (χ0n) is 14.6. The highest BCUT2D eigenvalue weighted by molar-refractivity contribution is 5.90. The fourth-order valence-electron chi connectivity index (χ4n) is 2.70. The van der Waals surface area contributed by atoms with Gasteiger partial charge in [-0.25, -0.2) is 4.98 Å². The maximum Gasteiger partial charge on any atom is 0.416 e. The third-order valence-corrected chi connectivity index (χ3v) is 3.99. The van der Waals surface area contributed by atoms with Crippen LogP contribution in [0.4, 0.5) is 24.9 Å². The van der Waals surface area contributed by atoms with Crippen LogP contribution in [-0.4, -0.2) is 29.6 Å². The van der Waals surface area contributed by atoms with Gasteiger partial charge in [-0.15, -0.1) is 0 Å². The molecule has 0 unspecified atom stereocenters. The molecule has 0 aliphatic carbocycles. The average Bonchev–Trinajstić information content (AvgIpc) is 2.65. The largest absolute Gasteiger partial charge is 0.416 e. The molecule has 8 heteroatoms. The van der Waals surface area contributed by atoms with Gasteiger partial charge in [-0.05, 0) is 30.2 Å². The number of anilines is 2. The van der Waals surface area contributed by atoms with Gasteiger partial charge in [0.05, 0.1) is 11.1 Å². The van der Waals surface area contributed by atoms with Crippen LogP contribution in [0.15, 0.2) is 48.5 Å². The zero-order chi connectivity index (χ0) is 19.3. The maximum absolute atomic E-state index is 12.8. The number of hydrogen-bond acceptors (Lipinski definition) is 5. The number of hydrogen-bond donors (Lipinski definition) is 3. The highest BCUT2D eigenvalue weighted by Gasteiger charge is 2.30. The highest BCUT2D eigenvalue weighted by Crippen LogP contribution is 2.29.